The summed E-state index contributed by atoms with van der Waals surface area (Å²) in [5.41, 5.74) is 0.691. The smallest absolute Gasteiger partial charge is 0.271 e. The fourth-order valence-corrected chi connectivity index (χ4v) is 4.83. The van der Waals surface area contributed by atoms with Crippen molar-refractivity contribution < 1.29 is 27.4 Å². The van der Waals surface area contributed by atoms with Crippen LogP contribution in [-0.4, -0.2) is 59.7 Å². The fourth-order valence-electron chi connectivity index (χ4n) is 2.62. The molecule has 2 heterocycles. The molecule has 0 radical (unpaired) electrons. The monoisotopic (exact) mass is 412 g/mol. The second-order valence-corrected chi connectivity index (χ2v) is 8.55. The van der Waals surface area contributed by atoms with Gasteiger partial charge in [-0.3, -0.25) is 9.52 Å². The van der Waals surface area contributed by atoms with Crippen molar-refractivity contribution in [2.45, 2.75) is 4.21 Å². The molecular weight excluding hydrogens is 392 g/mol. The number of benzene rings is 1. The molecule has 0 saturated carbocycles. The summed E-state index contributed by atoms with van der Waals surface area (Å²) in [7, 11) is -0.853. The Kier molecular flexibility index (Phi) is 5.88. The highest BCUT2D eigenvalue weighted by Crippen LogP contribution is 2.31. The van der Waals surface area contributed by atoms with Crippen LogP contribution in [0, 0.1) is 0 Å². The Bertz CT molecular complexity index is 919. The lowest BCUT2D eigenvalue weighted by Gasteiger charge is -2.26. The summed E-state index contributed by atoms with van der Waals surface area (Å²) < 4.78 is 43.4. The minimum atomic E-state index is -3.82. The molecule has 1 saturated heterocycles. The summed E-state index contributed by atoms with van der Waals surface area (Å²) in [6.07, 6.45) is 0. The van der Waals surface area contributed by atoms with E-state index in [2.05, 4.69) is 4.72 Å². The number of nitrogens with one attached hydrogen (secondary N) is 1. The molecule has 8 nitrogen and oxygen atoms in total. The Balaban J connectivity index is 1.77. The SMILES string of the molecule is COc1ccc(NS(=O)(=O)c2cc(C(=O)N3CCOCC3)cs2)cc1OC. The third-order valence-electron chi connectivity index (χ3n) is 4.02. The number of amides is 1. The molecule has 0 atom stereocenters. The summed E-state index contributed by atoms with van der Waals surface area (Å²) in [5, 5.41) is 1.56. The van der Waals surface area contributed by atoms with Crippen molar-refractivity contribution in [2.24, 2.45) is 0 Å². The molecule has 0 unspecified atom stereocenters. The number of morpholine rings is 1. The minimum absolute atomic E-state index is 0.0638. The summed E-state index contributed by atoms with van der Waals surface area (Å²) in [6.45, 7) is 1.98. The van der Waals surface area contributed by atoms with E-state index in [1.807, 2.05) is 0 Å². The van der Waals surface area contributed by atoms with Gasteiger partial charge in [-0.15, -0.1) is 11.3 Å². The first-order valence-electron chi connectivity index (χ1n) is 8.15. The predicted octanol–water partition coefficient (Wildman–Crippen LogP) is 2.04. The standard InChI is InChI=1S/C17H20N2O6S2/c1-23-14-4-3-13(10-15(14)24-2)18-27(21,22)16-9-12(11-26-16)17(20)19-5-7-25-8-6-19/h3-4,9-11,18H,5-8H2,1-2H3. The number of carbonyl (C=O) groups is 1. The predicted molar refractivity (Wildman–Crippen MR) is 101 cm³/mol. The van der Waals surface area contributed by atoms with Gasteiger partial charge in [0.05, 0.1) is 38.7 Å². The van der Waals surface area contributed by atoms with Crippen LogP contribution in [0.1, 0.15) is 10.4 Å². The van der Waals surface area contributed by atoms with Gasteiger partial charge in [0.2, 0.25) is 0 Å². The van der Waals surface area contributed by atoms with Gasteiger partial charge in [-0.25, -0.2) is 8.42 Å². The lowest BCUT2D eigenvalue weighted by atomic mass is 10.3. The third-order valence-corrected chi connectivity index (χ3v) is 6.84. The maximum Gasteiger partial charge on any atom is 0.271 e. The third kappa shape index (κ3) is 4.34. The van der Waals surface area contributed by atoms with Gasteiger partial charge in [-0.05, 0) is 18.2 Å². The summed E-state index contributed by atoms with van der Waals surface area (Å²) >= 11 is 1.00. The Morgan fingerprint density at radius 3 is 2.52 bits per heavy atom. The molecule has 1 N–H and O–H groups in total. The largest absolute Gasteiger partial charge is 0.493 e. The van der Waals surface area contributed by atoms with Crippen LogP contribution in [0.3, 0.4) is 0 Å². The van der Waals surface area contributed by atoms with Gasteiger partial charge in [0.25, 0.3) is 15.9 Å². The number of thiophene rings is 1. The number of ether oxygens (including phenoxy) is 3. The van der Waals surface area contributed by atoms with Gasteiger partial charge in [-0.1, -0.05) is 0 Å². The van der Waals surface area contributed by atoms with Crippen molar-refractivity contribution in [3.8, 4) is 11.5 Å². The number of rotatable bonds is 6. The van der Waals surface area contributed by atoms with Crippen molar-refractivity contribution in [1.82, 2.24) is 4.90 Å². The average molecular weight is 412 g/mol. The zero-order valence-electron chi connectivity index (χ0n) is 14.9. The number of hydrogen-bond donors (Lipinski definition) is 1. The van der Waals surface area contributed by atoms with Crippen LogP contribution in [0.5, 0.6) is 11.5 Å². The molecule has 0 aliphatic carbocycles. The van der Waals surface area contributed by atoms with Gasteiger partial charge in [0.1, 0.15) is 4.21 Å². The first-order chi connectivity index (χ1) is 12.9. The molecule has 146 valence electrons. The molecule has 27 heavy (non-hydrogen) atoms. The normalized spacial score (nSPS) is 14.7. The molecule has 1 aliphatic rings. The molecule has 1 aromatic carbocycles. The summed E-state index contributed by atoms with van der Waals surface area (Å²) in [6, 6.07) is 6.11. The van der Waals surface area contributed by atoms with Crippen LogP contribution in [-0.2, 0) is 14.8 Å². The maximum atomic E-state index is 12.7. The quantitative estimate of drug-likeness (QED) is 0.780. The van der Waals surface area contributed by atoms with Gasteiger partial charge in [0, 0.05) is 24.5 Å². The minimum Gasteiger partial charge on any atom is -0.493 e. The molecule has 1 amide bonds. The Morgan fingerprint density at radius 2 is 1.85 bits per heavy atom. The molecule has 10 heteroatoms. The van der Waals surface area contributed by atoms with Crippen LogP contribution in [0.25, 0.3) is 0 Å². The molecule has 2 aromatic rings. The number of hydrogen-bond acceptors (Lipinski definition) is 7. The molecule has 1 aliphatic heterocycles. The van der Waals surface area contributed by atoms with E-state index in [-0.39, 0.29) is 10.1 Å². The molecule has 3 rings (SSSR count). The highest BCUT2D eigenvalue weighted by molar-refractivity contribution is 7.94. The van der Waals surface area contributed by atoms with Crippen LogP contribution >= 0.6 is 11.3 Å². The second kappa shape index (κ2) is 8.15. The summed E-state index contributed by atoms with van der Waals surface area (Å²) in [4.78, 5) is 14.1. The lowest BCUT2D eigenvalue weighted by molar-refractivity contribution is 0.0303. The van der Waals surface area contributed by atoms with E-state index < -0.39 is 10.0 Å². The first kappa shape index (κ1) is 19.5. The Labute approximate surface area is 161 Å². The number of anilines is 1. The second-order valence-electron chi connectivity index (χ2n) is 5.73. The van der Waals surface area contributed by atoms with Crippen molar-refractivity contribution in [1.29, 1.82) is 0 Å². The zero-order chi connectivity index (χ0) is 19.4. The first-order valence-corrected chi connectivity index (χ1v) is 10.5. The lowest BCUT2D eigenvalue weighted by Crippen LogP contribution is -2.40. The van der Waals surface area contributed by atoms with Crippen molar-refractivity contribution >= 4 is 33.0 Å². The van der Waals surface area contributed by atoms with Crippen molar-refractivity contribution in [3.63, 3.8) is 0 Å². The molecular formula is C17H20N2O6S2. The van der Waals surface area contributed by atoms with E-state index in [1.165, 1.54) is 26.4 Å². The molecule has 1 fully saturated rings. The maximum absolute atomic E-state index is 12.7. The number of nitrogens with zero attached hydrogens (tertiary/aromatic N) is 1. The number of methoxy groups -OCH3 is 2. The number of sulfonamides is 1. The Morgan fingerprint density at radius 1 is 1.15 bits per heavy atom. The van der Waals surface area contributed by atoms with Gasteiger partial charge in [-0.2, -0.15) is 0 Å². The van der Waals surface area contributed by atoms with Crippen molar-refractivity contribution in [3.05, 3.63) is 35.2 Å². The van der Waals surface area contributed by atoms with Crippen molar-refractivity contribution in [2.75, 3.05) is 45.2 Å². The number of carbonyl (C=O) groups excluding carboxylic acids is 1. The van der Waals surface area contributed by atoms with Crippen LogP contribution in [0.2, 0.25) is 0 Å². The van der Waals surface area contributed by atoms with E-state index in [1.54, 1.807) is 22.4 Å². The topological polar surface area (TPSA) is 94.2 Å². The van der Waals surface area contributed by atoms with E-state index in [9.17, 15) is 13.2 Å². The van der Waals surface area contributed by atoms with Crippen LogP contribution < -0.4 is 14.2 Å². The molecule has 0 spiro atoms. The average Bonchev–Trinajstić information content (AvgIpc) is 3.19. The van der Waals surface area contributed by atoms with Gasteiger partial charge >= 0.3 is 0 Å². The van der Waals surface area contributed by atoms with E-state index in [4.69, 9.17) is 14.2 Å². The fraction of sp³-hybridized carbons (Fsp3) is 0.353. The highest BCUT2D eigenvalue weighted by Gasteiger charge is 2.23. The molecule has 1 aromatic heterocycles. The highest BCUT2D eigenvalue weighted by atomic mass is 32.2. The van der Waals surface area contributed by atoms with E-state index in [0.29, 0.717) is 49.1 Å². The van der Waals surface area contributed by atoms with Crippen LogP contribution in [0.4, 0.5) is 5.69 Å². The molecule has 0 bridgehead atoms. The van der Waals surface area contributed by atoms with E-state index >= 15 is 0 Å². The van der Waals surface area contributed by atoms with Gasteiger partial charge < -0.3 is 19.1 Å². The zero-order valence-corrected chi connectivity index (χ0v) is 16.6. The van der Waals surface area contributed by atoms with Gasteiger partial charge in [0.15, 0.2) is 11.5 Å². The summed E-state index contributed by atoms with van der Waals surface area (Å²) in [5.74, 6) is 0.712. The van der Waals surface area contributed by atoms with Crippen LogP contribution in [0.15, 0.2) is 33.9 Å². The van der Waals surface area contributed by atoms with E-state index in [0.717, 1.165) is 11.3 Å². The Hall–Kier alpha value is -2.30.